The van der Waals surface area contributed by atoms with Crippen molar-refractivity contribution in [2.24, 2.45) is 0 Å². The minimum absolute atomic E-state index is 0.669. The number of nitrogens with zero attached hydrogens (tertiary/aromatic N) is 3. The summed E-state index contributed by atoms with van der Waals surface area (Å²) in [7, 11) is 0. The molecule has 0 saturated carbocycles. The molecule has 0 N–H and O–H groups in total. The van der Waals surface area contributed by atoms with Crippen molar-refractivity contribution >= 4 is 0 Å². The van der Waals surface area contributed by atoms with Crippen molar-refractivity contribution in [1.82, 2.24) is 14.8 Å². The van der Waals surface area contributed by atoms with Gasteiger partial charge in [0, 0.05) is 23.2 Å². The van der Waals surface area contributed by atoms with Crippen molar-refractivity contribution in [3.63, 3.8) is 0 Å². The number of fused-ring (bicyclic) bond motifs is 3. The molecular formula is C24H21N3O. The van der Waals surface area contributed by atoms with Crippen LogP contribution in [0.2, 0.25) is 0 Å². The quantitative estimate of drug-likeness (QED) is 0.496. The Morgan fingerprint density at radius 2 is 1.61 bits per heavy atom. The minimum atomic E-state index is 0.669. The lowest BCUT2D eigenvalue weighted by Crippen LogP contribution is -2.13. The zero-order valence-electron chi connectivity index (χ0n) is 15.8. The van der Waals surface area contributed by atoms with Crippen molar-refractivity contribution in [3.05, 3.63) is 78.4 Å². The molecule has 1 aliphatic rings. The van der Waals surface area contributed by atoms with Crippen molar-refractivity contribution in [2.75, 3.05) is 6.61 Å². The third-order valence-electron chi connectivity index (χ3n) is 5.17. The molecule has 138 valence electrons. The molecule has 0 fully saturated rings. The number of aryl methyl sites for hydroxylation is 1. The van der Waals surface area contributed by atoms with E-state index in [1.165, 1.54) is 16.7 Å². The van der Waals surface area contributed by atoms with Gasteiger partial charge in [0.25, 0.3) is 0 Å². The molecule has 0 unspecified atom stereocenters. The predicted octanol–water partition coefficient (Wildman–Crippen LogP) is 5.23. The van der Waals surface area contributed by atoms with Crippen molar-refractivity contribution in [1.29, 1.82) is 0 Å². The van der Waals surface area contributed by atoms with Crippen LogP contribution in [0.1, 0.15) is 12.5 Å². The van der Waals surface area contributed by atoms with Crippen LogP contribution in [0.4, 0.5) is 0 Å². The van der Waals surface area contributed by atoms with Gasteiger partial charge in [-0.15, -0.1) is 0 Å². The molecule has 4 heteroatoms. The number of rotatable bonds is 4. The van der Waals surface area contributed by atoms with Gasteiger partial charge in [-0.3, -0.25) is 0 Å². The van der Waals surface area contributed by atoms with E-state index in [4.69, 9.17) is 14.8 Å². The van der Waals surface area contributed by atoms with E-state index in [2.05, 4.69) is 54.6 Å². The highest BCUT2D eigenvalue weighted by atomic mass is 16.5. The van der Waals surface area contributed by atoms with Gasteiger partial charge in [0.2, 0.25) is 0 Å². The fourth-order valence-corrected chi connectivity index (χ4v) is 3.80. The van der Waals surface area contributed by atoms with E-state index >= 15 is 0 Å². The molecule has 1 aliphatic heterocycles. The van der Waals surface area contributed by atoms with E-state index in [9.17, 15) is 0 Å². The maximum atomic E-state index is 5.81. The Kier molecular flexibility index (Phi) is 4.17. The average molecular weight is 367 g/mol. The highest BCUT2D eigenvalue weighted by Gasteiger charge is 2.23. The summed E-state index contributed by atoms with van der Waals surface area (Å²) in [4.78, 5) is 4.86. The summed E-state index contributed by atoms with van der Waals surface area (Å²) in [5.74, 6) is 2.65. The lowest BCUT2D eigenvalue weighted by atomic mass is 10.00. The predicted molar refractivity (Wildman–Crippen MR) is 111 cm³/mol. The molecule has 0 amide bonds. The third-order valence-corrected chi connectivity index (χ3v) is 5.17. The van der Waals surface area contributed by atoms with Gasteiger partial charge < -0.3 is 4.74 Å². The summed E-state index contributed by atoms with van der Waals surface area (Å²) >= 11 is 0. The highest BCUT2D eigenvalue weighted by molar-refractivity contribution is 5.70. The standard InChI is InChI=1S/C24H21N3O/c1-2-28-22-10-6-9-21-20(22)15-16-27-24(21)25-23(26-27)19-13-11-18(12-14-19)17-7-4-3-5-8-17/h3-14H,2,15-16H2,1H3. The Bertz CT molecular complexity index is 1110. The summed E-state index contributed by atoms with van der Waals surface area (Å²) in [5.41, 5.74) is 5.79. The van der Waals surface area contributed by atoms with Crippen LogP contribution in [0.25, 0.3) is 33.9 Å². The lowest BCUT2D eigenvalue weighted by molar-refractivity contribution is 0.335. The second-order valence-electron chi connectivity index (χ2n) is 6.89. The smallest absolute Gasteiger partial charge is 0.181 e. The number of hydrogen-bond donors (Lipinski definition) is 0. The zero-order valence-corrected chi connectivity index (χ0v) is 15.8. The van der Waals surface area contributed by atoms with Gasteiger partial charge in [-0.2, -0.15) is 5.10 Å². The lowest BCUT2D eigenvalue weighted by Gasteiger charge is -2.19. The number of aromatic nitrogens is 3. The van der Waals surface area contributed by atoms with Crippen LogP contribution in [0, 0.1) is 0 Å². The Morgan fingerprint density at radius 3 is 2.39 bits per heavy atom. The highest BCUT2D eigenvalue weighted by Crippen LogP contribution is 2.35. The van der Waals surface area contributed by atoms with Crippen LogP contribution < -0.4 is 4.74 Å². The first-order valence-electron chi connectivity index (χ1n) is 9.69. The second kappa shape index (κ2) is 6.97. The maximum Gasteiger partial charge on any atom is 0.181 e. The molecule has 0 radical (unpaired) electrons. The summed E-state index contributed by atoms with van der Waals surface area (Å²) in [6.07, 6.45) is 0.911. The van der Waals surface area contributed by atoms with E-state index in [-0.39, 0.29) is 0 Å². The molecule has 0 spiro atoms. The zero-order chi connectivity index (χ0) is 18.9. The number of benzene rings is 3. The number of hydrogen-bond acceptors (Lipinski definition) is 3. The first-order valence-corrected chi connectivity index (χ1v) is 9.69. The first kappa shape index (κ1) is 16.8. The SMILES string of the molecule is CCOc1cccc2c1CCn1nc(-c3ccc(-c4ccccc4)cc3)nc1-2. The monoisotopic (exact) mass is 367 g/mol. The van der Waals surface area contributed by atoms with Gasteiger partial charge >= 0.3 is 0 Å². The van der Waals surface area contributed by atoms with Gasteiger partial charge in [0.1, 0.15) is 5.75 Å². The summed E-state index contributed by atoms with van der Waals surface area (Å²) in [6, 6.07) is 25.0. The van der Waals surface area contributed by atoms with E-state index in [0.29, 0.717) is 6.61 Å². The Hall–Kier alpha value is -3.40. The second-order valence-corrected chi connectivity index (χ2v) is 6.89. The topological polar surface area (TPSA) is 39.9 Å². The van der Waals surface area contributed by atoms with Gasteiger partial charge in [0.05, 0.1) is 6.61 Å². The fourth-order valence-electron chi connectivity index (χ4n) is 3.80. The van der Waals surface area contributed by atoms with Gasteiger partial charge in [-0.25, -0.2) is 9.67 Å². The van der Waals surface area contributed by atoms with Gasteiger partial charge in [-0.1, -0.05) is 66.7 Å². The molecule has 3 aromatic carbocycles. The van der Waals surface area contributed by atoms with Crippen molar-refractivity contribution < 1.29 is 4.74 Å². The van der Waals surface area contributed by atoms with Gasteiger partial charge in [-0.05, 0) is 30.5 Å². The normalized spacial score (nSPS) is 12.3. The van der Waals surface area contributed by atoms with Crippen LogP contribution >= 0.6 is 0 Å². The Balaban J connectivity index is 1.50. The molecule has 28 heavy (non-hydrogen) atoms. The molecule has 0 aliphatic carbocycles. The molecule has 0 saturated heterocycles. The van der Waals surface area contributed by atoms with Crippen LogP contribution in [-0.2, 0) is 13.0 Å². The third kappa shape index (κ3) is 2.87. The van der Waals surface area contributed by atoms with Crippen molar-refractivity contribution in [2.45, 2.75) is 19.9 Å². The molecular weight excluding hydrogens is 346 g/mol. The summed E-state index contributed by atoms with van der Waals surface area (Å²) < 4.78 is 7.82. The van der Waals surface area contributed by atoms with E-state index in [1.54, 1.807) is 0 Å². The van der Waals surface area contributed by atoms with E-state index < -0.39 is 0 Å². The number of ether oxygens (including phenoxy) is 1. The molecule has 5 rings (SSSR count). The molecule has 4 nitrogen and oxygen atoms in total. The molecule has 2 heterocycles. The molecule has 0 bridgehead atoms. The Labute approximate surface area is 164 Å². The van der Waals surface area contributed by atoms with E-state index in [1.807, 2.05) is 29.8 Å². The molecule has 1 aromatic heterocycles. The van der Waals surface area contributed by atoms with Crippen LogP contribution in [0.3, 0.4) is 0 Å². The van der Waals surface area contributed by atoms with Crippen LogP contribution in [0.15, 0.2) is 72.8 Å². The first-order chi connectivity index (χ1) is 13.8. The van der Waals surface area contributed by atoms with Crippen LogP contribution in [0.5, 0.6) is 5.75 Å². The molecule has 0 atom stereocenters. The fraction of sp³-hybridized carbons (Fsp3) is 0.167. The Morgan fingerprint density at radius 1 is 0.857 bits per heavy atom. The van der Waals surface area contributed by atoms with Crippen molar-refractivity contribution in [3.8, 4) is 39.7 Å². The summed E-state index contributed by atoms with van der Waals surface area (Å²) in [6.45, 7) is 3.51. The molecule has 4 aromatic rings. The average Bonchev–Trinajstić information content (AvgIpc) is 3.20. The van der Waals surface area contributed by atoms with Crippen LogP contribution in [-0.4, -0.2) is 21.4 Å². The van der Waals surface area contributed by atoms with Gasteiger partial charge in [0.15, 0.2) is 11.6 Å². The minimum Gasteiger partial charge on any atom is -0.494 e. The maximum absolute atomic E-state index is 5.81. The largest absolute Gasteiger partial charge is 0.494 e. The summed E-state index contributed by atoms with van der Waals surface area (Å²) in [5, 5.41) is 4.76. The van der Waals surface area contributed by atoms with E-state index in [0.717, 1.165) is 41.5 Å².